The third-order valence-electron chi connectivity index (χ3n) is 2.92. The number of carbonyl (C=O) groups excluding carboxylic acids is 1. The molecule has 0 bridgehead atoms. The number of benzene rings is 1. The number of hydrogen-bond acceptors (Lipinski definition) is 5. The number of ether oxygens (including phenoxy) is 1. The first kappa shape index (κ1) is 16.4. The van der Waals surface area contributed by atoms with Crippen molar-refractivity contribution in [2.24, 2.45) is 0 Å². The van der Waals surface area contributed by atoms with Crippen molar-refractivity contribution in [3.05, 3.63) is 35.1 Å². The molecule has 1 aromatic heterocycles. The van der Waals surface area contributed by atoms with Gasteiger partial charge in [0, 0.05) is 5.92 Å². The molecule has 22 heavy (non-hydrogen) atoms. The number of halogens is 1. The zero-order valence-corrected chi connectivity index (χ0v) is 13.5. The maximum absolute atomic E-state index is 12.9. The van der Waals surface area contributed by atoms with Gasteiger partial charge in [-0.1, -0.05) is 32.1 Å². The molecule has 0 radical (unpaired) electrons. The smallest absolute Gasteiger partial charge is 0.267 e. The van der Waals surface area contributed by atoms with Gasteiger partial charge in [-0.2, -0.15) is 0 Å². The van der Waals surface area contributed by atoms with Crippen LogP contribution in [-0.4, -0.2) is 22.2 Å². The summed E-state index contributed by atoms with van der Waals surface area (Å²) in [5.41, 5.74) is 0. The maximum atomic E-state index is 12.9. The molecule has 0 fully saturated rings. The van der Waals surface area contributed by atoms with Gasteiger partial charge < -0.3 is 4.74 Å². The van der Waals surface area contributed by atoms with E-state index in [2.05, 4.69) is 15.5 Å². The summed E-state index contributed by atoms with van der Waals surface area (Å²) in [5, 5.41) is 12.0. The van der Waals surface area contributed by atoms with E-state index in [4.69, 9.17) is 4.74 Å². The third kappa shape index (κ3) is 4.24. The molecule has 1 heterocycles. The molecule has 0 aliphatic carbocycles. The summed E-state index contributed by atoms with van der Waals surface area (Å²) in [6.07, 6.45) is -0.184. The normalized spacial score (nSPS) is 12.2. The lowest BCUT2D eigenvalue weighted by Gasteiger charge is -2.16. The predicted octanol–water partition coefficient (Wildman–Crippen LogP) is 3.60. The lowest BCUT2D eigenvalue weighted by molar-refractivity contribution is -0.122. The van der Waals surface area contributed by atoms with Gasteiger partial charge in [0.15, 0.2) is 6.10 Å². The van der Waals surface area contributed by atoms with Gasteiger partial charge in [0.05, 0.1) is 0 Å². The Morgan fingerprint density at radius 2 is 2.00 bits per heavy atom. The van der Waals surface area contributed by atoms with Crippen molar-refractivity contribution in [1.29, 1.82) is 0 Å². The van der Waals surface area contributed by atoms with Crippen LogP contribution in [0.2, 0.25) is 0 Å². The minimum Gasteiger partial charge on any atom is -0.481 e. The highest BCUT2D eigenvalue weighted by Crippen LogP contribution is 2.23. The SMILES string of the molecule is CC[C@@H](Oc1ccc(F)cc1)C(=O)Nc1nnc(C(C)C)s1. The second kappa shape index (κ2) is 7.31. The summed E-state index contributed by atoms with van der Waals surface area (Å²) < 4.78 is 18.5. The quantitative estimate of drug-likeness (QED) is 0.882. The Balaban J connectivity index is 2.00. The summed E-state index contributed by atoms with van der Waals surface area (Å²) in [7, 11) is 0. The number of aromatic nitrogens is 2. The number of rotatable bonds is 6. The van der Waals surface area contributed by atoms with Crippen molar-refractivity contribution in [3.8, 4) is 5.75 Å². The Morgan fingerprint density at radius 1 is 1.32 bits per heavy atom. The minimum absolute atomic E-state index is 0.264. The molecule has 0 aliphatic rings. The summed E-state index contributed by atoms with van der Waals surface area (Å²) in [4.78, 5) is 12.2. The van der Waals surface area contributed by atoms with Crippen LogP contribution in [0.15, 0.2) is 24.3 Å². The molecular weight excluding hydrogens is 305 g/mol. The molecule has 1 aromatic carbocycles. The first-order valence-corrected chi connectivity index (χ1v) is 7.87. The van der Waals surface area contributed by atoms with Crippen LogP contribution in [0.4, 0.5) is 9.52 Å². The molecule has 1 N–H and O–H groups in total. The summed E-state index contributed by atoms with van der Waals surface area (Å²) >= 11 is 1.35. The van der Waals surface area contributed by atoms with Crippen LogP contribution in [0.5, 0.6) is 5.75 Å². The Labute approximate surface area is 132 Å². The standard InChI is InChI=1S/C15H18FN3O2S/c1-4-12(21-11-7-5-10(16)6-8-11)13(20)17-15-19-18-14(22-15)9(2)3/h5-9,12H,4H2,1-3H3,(H,17,19,20)/t12-/m1/s1. The zero-order chi connectivity index (χ0) is 16.1. The van der Waals surface area contributed by atoms with Gasteiger partial charge in [0.2, 0.25) is 5.13 Å². The molecule has 5 nitrogen and oxygen atoms in total. The van der Waals surface area contributed by atoms with Crippen molar-refractivity contribution < 1.29 is 13.9 Å². The largest absolute Gasteiger partial charge is 0.481 e. The van der Waals surface area contributed by atoms with Crippen LogP contribution in [0, 0.1) is 5.82 Å². The summed E-state index contributed by atoms with van der Waals surface area (Å²) in [6, 6.07) is 5.57. The number of hydrogen-bond donors (Lipinski definition) is 1. The highest BCUT2D eigenvalue weighted by Gasteiger charge is 2.20. The molecule has 0 unspecified atom stereocenters. The van der Waals surface area contributed by atoms with E-state index in [9.17, 15) is 9.18 Å². The van der Waals surface area contributed by atoms with Gasteiger partial charge in [-0.15, -0.1) is 10.2 Å². The van der Waals surface area contributed by atoms with Crippen LogP contribution < -0.4 is 10.1 Å². The van der Waals surface area contributed by atoms with Crippen molar-refractivity contribution in [1.82, 2.24) is 10.2 Å². The van der Waals surface area contributed by atoms with Crippen LogP contribution >= 0.6 is 11.3 Å². The first-order chi connectivity index (χ1) is 10.5. The average molecular weight is 323 g/mol. The Morgan fingerprint density at radius 3 is 2.55 bits per heavy atom. The van der Waals surface area contributed by atoms with E-state index in [1.807, 2.05) is 20.8 Å². The van der Waals surface area contributed by atoms with Gasteiger partial charge >= 0.3 is 0 Å². The van der Waals surface area contributed by atoms with E-state index < -0.39 is 6.10 Å². The van der Waals surface area contributed by atoms with E-state index >= 15 is 0 Å². The fraction of sp³-hybridized carbons (Fsp3) is 0.400. The second-order valence-electron chi connectivity index (χ2n) is 5.06. The van der Waals surface area contributed by atoms with Crippen molar-refractivity contribution in [2.75, 3.05) is 5.32 Å². The van der Waals surface area contributed by atoms with Crippen molar-refractivity contribution in [2.45, 2.75) is 39.2 Å². The highest BCUT2D eigenvalue weighted by molar-refractivity contribution is 7.15. The zero-order valence-electron chi connectivity index (χ0n) is 12.7. The third-order valence-corrected chi connectivity index (χ3v) is 4.06. The fourth-order valence-corrected chi connectivity index (χ4v) is 2.45. The Kier molecular flexibility index (Phi) is 5.43. The number of amides is 1. The van der Waals surface area contributed by atoms with E-state index in [1.54, 1.807) is 0 Å². The van der Waals surface area contributed by atoms with E-state index in [0.717, 1.165) is 5.01 Å². The molecule has 1 atom stereocenters. The number of nitrogens with one attached hydrogen (secondary N) is 1. The molecule has 7 heteroatoms. The van der Waals surface area contributed by atoms with E-state index in [-0.39, 0.29) is 17.6 Å². The second-order valence-corrected chi connectivity index (χ2v) is 6.07. The molecule has 0 saturated carbocycles. The molecule has 2 aromatic rings. The van der Waals surface area contributed by atoms with E-state index in [1.165, 1.54) is 35.6 Å². The van der Waals surface area contributed by atoms with Gasteiger partial charge in [-0.05, 0) is 30.7 Å². The van der Waals surface area contributed by atoms with Gasteiger partial charge in [0.25, 0.3) is 5.91 Å². The molecule has 0 aliphatic heterocycles. The number of anilines is 1. The lowest BCUT2D eigenvalue weighted by atomic mass is 10.2. The summed E-state index contributed by atoms with van der Waals surface area (Å²) in [5.74, 6) is 0.0716. The monoisotopic (exact) mass is 323 g/mol. The molecule has 0 spiro atoms. The Bertz CT molecular complexity index is 628. The fourth-order valence-electron chi connectivity index (χ4n) is 1.70. The molecule has 2 rings (SSSR count). The predicted molar refractivity (Wildman–Crippen MR) is 83.7 cm³/mol. The van der Waals surface area contributed by atoms with E-state index in [0.29, 0.717) is 17.3 Å². The molecule has 0 saturated heterocycles. The maximum Gasteiger partial charge on any atom is 0.267 e. The van der Waals surface area contributed by atoms with Gasteiger partial charge in [-0.25, -0.2) is 4.39 Å². The highest BCUT2D eigenvalue weighted by atomic mass is 32.1. The van der Waals surface area contributed by atoms with Gasteiger partial charge in [0.1, 0.15) is 16.6 Å². The molecule has 1 amide bonds. The van der Waals surface area contributed by atoms with Crippen LogP contribution in [0.1, 0.15) is 38.1 Å². The van der Waals surface area contributed by atoms with Crippen LogP contribution in [0.25, 0.3) is 0 Å². The minimum atomic E-state index is -0.670. The van der Waals surface area contributed by atoms with Crippen molar-refractivity contribution >= 4 is 22.4 Å². The molecule has 118 valence electrons. The summed E-state index contributed by atoms with van der Waals surface area (Å²) in [6.45, 7) is 5.87. The Hall–Kier alpha value is -2.02. The average Bonchev–Trinajstić information content (AvgIpc) is 2.95. The van der Waals surface area contributed by atoms with Gasteiger partial charge in [-0.3, -0.25) is 10.1 Å². The lowest BCUT2D eigenvalue weighted by Crippen LogP contribution is -2.32. The first-order valence-electron chi connectivity index (χ1n) is 7.06. The topological polar surface area (TPSA) is 64.1 Å². The number of nitrogens with zero attached hydrogens (tertiary/aromatic N) is 2. The number of carbonyl (C=O) groups is 1. The van der Waals surface area contributed by atoms with Crippen LogP contribution in [0.3, 0.4) is 0 Å². The molecular formula is C15H18FN3O2S. The van der Waals surface area contributed by atoms with Crippen molar-refractivity contribution in [3.63, 3.8) is 0 Å². The van der Waals surface area contributed by atoms with Crippen LogP contribution in [-0.2, 0) is 4.79 Å².